The second kappa shape index (κ2) is 8.94. The molecular formula is C22H21Cl2N5OS. The molecule has 3 aromatic rings. The Bertz CT molecular complexity index is 1190. The summed E-state index contributed by atoms with van der Waals surface area (Å²) in [6.07, 6.45) is 0. The van der Waals surface area contributed by atoms with Crippen molar-refractivity contribution in [2.75, 3.05) is 16.4 Å². The topological polar surface area (TPSA) is 71.8 Å². The summed E-state index contributed by atoms with van der Waals surface area (Å²) in [5.41, 5.74) is 3.70. The second-order valence-corrected chi connectivity index (χ2v) is 9.23. The third-order valence-corrected chi connectivity index (χ3v) is 6.17. The minimum absolute atomic E-state index is 0.238. The Hall–Kier alpha value is -2.48. The normalized spacial score (nSPS) is 15.5. The molecule has 1 aliphatic rings. The van der Waals surface area contributed by atoms with Crippen molar-refractivity contribution < 1.29 is 4.79 Å². The molecule has 1 aromatic heterocycles. The van der Waals surface area contributed by atoms with Crippen molar-refractivity contribution in [3.05, 3.63) is 74.9 Å². The number of amides is 1. The molecule has 2 N–H and O–H groups in total. The molecule has 2 aromatic carbocycles. The number of thioether (sulfide) groups is 1. The van der Waals surface area contributed by atoms with E-state index in [1.54, 1.807) is 16.8 Å². The average molecular weight is 474 g/mol. The largest absolute Gasteiger partial charge is 0.328 e. The van der Waals surface area contributed by atoms with Crippen molar-refractivity contribution in [3.8, 4) is 0 Å². The number of nitrogens with one attached hydrogen (secondary N) is 2. The summed E-state index contributed by atoms with van der Waals surface area (Å²) in [7, 11) is 0. The van der Waals surface area contributed by atoms with E-state index in [0.29, 0.717) is 32.4 Å². The van der Waals surface area contributed by atoms with Crippen molar-refractivity contribution in [1.29, 1.82) is 0 Å². The second-order valence-electron chi connectivity index (χ2n) is 7.15. The SMILES string of the molecule is CCSc1nc2n(n1)C(c1ccc(Cl)cc1Cl)C(C(=O)Nc1cccc(C)c1)=C(C)N2. The quantitative estimate of drug-likeness (QED) is 0.449. The molecule has 160 valence electrons. The molecule has 1 atom stereocenters. The summed E-state index contributed by atoms with van der Waals surface area (Å²) in [5, 5.41) is 12.5. The Labute approximate surface area is 195 Å². The van der Waals surface area contributed by atoms with E-state index in [-0.39, 0.29) is 5.91 Å². The fraction of sp³-hybridized carbons (Fsp3) is 0.227. The minimum Gasteiger partial charge on any atom is -0.328 e. The molecule has 1 unspecified atom stereocenters. The highest BCUT2D eigenvalue weighted by Crippen LogP contribution is 2.40. The Morgan fingerprint density at radius 1 is 1.23 bits per heavy atom. The standard InChI is InChI=1S/C22H21Cl2N5OS/c1-4-31-22-27-21-25-13(3)18(20(30)26-15-7-5-6-12(2)10-15)19(29(21)28-22)16-9-8-14(23)11-17(16)24/h5-11,19H,4H2,1-3H3,(H,26,30)(H,25,27,28). The molecule has 4 rings (SSSR count). The molecule has 6 nitrogen and oxygen atoms in total. The van der Waals surface area contributed by atoms with Crippen LogP contribution >= 0.6 is 35.0 Å². The lowest BCUT2D eigenvalue weighted by atomic mass is 9.95. The van der Waals surface area contributed by atoms with Crippen LogP contribution in [0.25, 0.3) is 0 Å². The van der Waals surface area contributed by atoms with Gasteiger partial charge in [-0.05, 0) is 49.4 Å². The van der Waals surface area contributed by atoms with Crippen LogP contribution in [0.15, 0.2) is 58.9 Å². The van der Waals surface area contributed by atoms with Crippen LogP contribution in [0.4, 0.5) is 11.6 Å². The van der Waals surface area contributed by atoms with Crippen LogP contribution in [-0.4, -0.2) is 26.4 Å². The van der Waals surface area contributed by atoms with Crippen molar-refractivity contribution in [1.82, 2.24) is 14.8 Å². The van der Waals surface area contributed by atoms with E-state index in [4.69, 9.17) is 23.2 Å². The van der Waals surface area contributed by atoms with Crippen molar-refractivity contribution in [2.45, 2.75) is 32.0 Å². The highest BCUT2D eigenvalue weighted by atomic mass is 35.5. The number of hydrogen-bond donors (Lipinski definition) is 2. The first-order valence-corrected chi connectivity index (χ1v) is 11.5. The molecule has 0 spiro atoms. The Kier molecular flexibility index (Phi) is 6.27. The number of carbonyl (C=O) groups is 1. The Morgan fingerprint density at radius 2 is 2.03 bits per heavy atom. The highest BCUT2D eigenvalue weighted by molar-refractivity contribution is 7.99. The van der Waals surface area contributed by atoms with Crippen LogP contribution in [0.5, 0.6) is 0 Å². The molecule has 9 heteroatoms. The van der Waals surface area contributed by atoms with Gasteiger partial charge >= 0.3 is 0 Å². The van der Waals surface area contributed by atoms with E-state index in [1.165, 1.54) is 11.8 Å². The minimum atomic E-state index is -0.551. The van der Waals surface area contributed by atoms with Gasteiger partial charge in [0.25, 0.3) is 5.91 Å². The molecule has 0 saturated heterocycles. The van der Waals surface area contributed by atoms with E-state index in [2.05, 4.69) is 20.7 Å². The van der Waals surface area contributed by atoms with E-state index in [0.717, 1.165) is 22.6 Å². The van der Waals surface area contributed by atoms with E-state index in [9.17, 15) is 4.79 Å². The van der Waals surface area contributed by atoms with Crippen LogP contribution in [0.1, 0.15) is 31.0 Å². The van der Waals surface area contributed by atoms with Crippen molar-refractivity contribution in [3.63, 3.8) is 0 Å². The summed E-state index contributed by atoms with van der Waals surface area (Å²) in [6, 6.07) is 12.4. The molecule has 0 radical (unpaired) electrons. The molecule has 0 aliphatic carbocycles. The molecule has 0 bridgehead atoms. The van der Waals surface area contributed by atoms with Gasteiger partial charge < -0.3 is 10.6 Å². The number of carbonyl (C=O) groups excluding carboxylic acids is 1. The molecule has 0 saturated carbocycles. The number of rotatable bonds is 5. The first kappa shape index (κ1) is 21.7. The van der Waals surface area contributed by atoms with Crippen LogP contribution in [0.3, 0.4) is 0 Å². The van der Waals surface area contributed by atoms with Crippen LogP contribution < -0.4 is 10.6 Å². The van der Waals surface area contributed by atoms with Gasteiger partial charge in [0, 0.05) is 27.0 Å². The van der Waals surface area contributed by atoms with Gasteiger partial charge in [0.2, 0.25) is 11.1 Å². The van der Waals surface area contributed by atoms with Crippen LogP contribution in [0.2, 0.25) is 10.0 Å². The number of benzene rings is 2. The summed E-state index contributed by atoms with van der Waals surface area (Å²) in [4.78, 5) is 18.0. The summed E-state index contributed by atoms with van der Waals surface area (Å²) in [6.45, 7) is 5.87. The Morgan fingerprint density at radius 3 is 2.74 bits per heavy atom. The smallest absolute Gasteiger partial charge is 0.255 e. The zero-order valence-corrected chi connectivity index (χ0v) is 19.6. The molecule has 0 fully saturated rings. The Balaban J connectivity index is 1.81. The average Bonchev–Trinajstić information content (AvgIpc) is 3.09. The number of aromatic nitrogens is 3. The third kappa shape index (κ3) is 4.44. The zero-order valence-electron chi connectivity index (χ0n) is 17.2. The van der Waals surface area contributed by atoms with Crippen molar-refractivity contribution >= 4 is 52.5 Å². The molecule has 31 heavy (non-hydrogen) atoms. The van der Waals surface area contributed by atoms with Gasteiger partial charge in [-0.15, -0.1) is 5.10 Å². The summed E-state index contributed by atoms with van der Waals surface area (Å²) >= 11 is 14.2. The van der Waals surface area contributed by atoms with Gasteiger partial charge in [-0.3, -0.25) is 4.79 Å². The van der Waals surface area contributed by atoms with Gasteiger partial charge in [-0.1, -0.05) is 60.1 Å². The predicted molar refractivity (Wildman–Crippen MR) is 127 cm³/mol. The molecule has 1 amide bonds. The lowest BCUT2D eigenvalue weighted by molar-refractivity contribution is -0.113. The number of nitrogens with zero attached hydrogens (tertiary/aromatic N) is 3. The van der Waals surface area contributed by atoms with Crippen molar-refractivity contribution in [2.24, 2.45) is 0 Å². The van der Waals surface area contributed by atoms with Gasteiger partial charge in [0.15, 0.2) is 0 Å². The van der Waals surface area contributed by atoms with E-state index < -0.39 is 6.04 Å². The van der Waals surface area contributed by atoms with E-state index >= 15 is 0 Å². The number of hydrogen-bond acceptors (Lipinski definition) is 5. The first-order valence-electron chi connectivity index (χ1n) is 9.77. The van der Waals surface area contributed by atoms with Gasteiger partial charge in [0.05, 0.1) is 5.57 Å². The summed E-state index contributed by atoms with van der Waals surface area (Å²) in [5.74, 6) is 1.16. The zero-order chi connectivity index (χ0) is 22.1. The maximum atomic E-state index is 13.4. The maximum absolute atomic E-state index is 13.4. The van der Waals surface area contributed by atoms with Gasteiger partial charge in [-0.25, -0.2) is 4.68 Å². The number of anilines is 2. The lowest BCUT2D eigenvalue weighted by Gasteiger charge is -2.29. The maximum Gasteiger partial charge on any atom is 0.255 e. The number of fused-ring (bicyclic) bond motifs is 1. The first-order chi connectivity index (χ1) is 14.9. The fourth-order valence-electron chi connectivity index (χ4n) is 3.55. The fourth-order valence-corrected chi connectivity index (χ4v) is 4.61. The number of allylic oxidation sites excluding steroid dienone is 1. The number of aryl methyl sites for hydroxylation is 1. The summed E-state index contributed by atoms with van der Waals surface area (Å²) < 4.78 is 1.71. The highest BCUT2D eigenvalue weighted by Gasteiger charge is 2.35. The van der Waals surface area contributed by atoms with E-state index in [1.807, 2.05) is 51.1 Å². The predicted octanol–water partition coefficient (Wildman–Crippen LogP) is 5.93. The monoisotopic (exact) mass is 473 g/mol. The van der Waals surface area contributed by atoms with Gasteiger partial charge in [0.1, 0.15) is 6.04 Å². The third-order valence-electron chi connectivity index (χ3n) is 4.88. The lowest BCUT2D eigenvalue weighted by Crippen LogP contribution is -2.31. The molecule has 1 aliphatic heterocycles. The van der Waals surface area contributed by atoms with Crippen LogP contribution in [0, 0.1) is 6.92 Å². The number of halogens is 2. The van der Waals surface area contributed by atoms with Crippen LogP contribution in [-0.2, 0) is 4.79 Å². The molecular weight excluding hydrogens is 453 g/mol. The van der Waals surface area contributed by atoms with Gasteiger partial charge in [-0.2, -0.15) is 4.98 Å². The molecule has 2 heterocycles.